The lowest BCUT2D eigenvalue weighted by Crippen LogP contribution is -2.55. The summed E-state index contributed by atoms with van der Waals surface area (Å²) in [5.74, 6) is -2.57. The zero-order valence-electron chi connectivity index (χ0n) is 17.3. The van der Waals surface area contributed by atoms with E-state index in [0.717, 1.165) is 16.5 Å². The molecule has 0 aliphatic carbocycles. The zero-order chi connectivity index (χ0) is 23.7. The Balaban J connectivity index is 2.12. The molecule has 0 unspecified atom stereocenters. The Labute approximate surface area is 190 Å². The number of urea groups is 1. The Kier molecular flexibility index (Phi) is 9.35. The predicted molar refractivity (Wildman–Crippen MR) is 122 cm³/mol. The van der Waals surface area contributed by atoms with E-state index < -0.39 is 41.9 Å². The summed E-state index contributed by atoms with van der Waals surface area (Å²) in [6.45, 7) is 0.262. The monoisotopic (exact) mass is 464 g/mol. The first-order valence-corrected chi connectivity index (χ1v) is 10.6. The Morgan fingerprint density at radius 3 is 2.44 bits per heavy atom. The lowest BCUT2D eigenvalue weighted by Gasteiger charge is -2.22. The number of nitrogens with two attached hydrogens (primary N) is 2. The lowest BCUT2D eigenvalue weighted by atomic mass is 10.0. The topological polar surface area (TPSA) is 192 Å². The normalized spacial score (nSPS) is 13.7. The van der Waals surface area contributed by atoms with Crippen LogP contribution in [-0.4, -0.2) is 64.3 Å². The smallest absolute Gasteiger partial charge is 0.327 e. The molecule has 11 nitrogen and oxygen atoms in total. The molecule has 0 bridgehead atoms. The molecule has 1 aromatic heterocycles. The Morgan fingerprint density at radius 1 is 1.09 bits per heavy atom. The van der Waals surface area contributed by atoms with Crippen molar-refractivity contribution in [2.45, 2.75) is 37.4 Å². The second-order valence-electron chi connectivity index (χ2n) is 7.25. The molecule has 1 aromatic carbocycles. The first-order chi connectivity index (χ1) is 15.2. The first-order valence-electron chi connectivity index (χ1n) is 10.0. The molecule has 1 heterocycles. The third-order valence-electron chi connectivity index (χ3n) is 4.86. The minimum Gasteiger partial charge on any atom is -0.480 e. The summed E-state index contributed by atoms with van der Waals surface area (Å²) in [6.07, 6.45) is 2.52. The molecular formula is C20H28N6O5S. The van der Waals surface area contributed by atoms with E-state index in [2.05, 4.69) is 33.6 Å². The van der Waals surface area contributed by atoms with Crippen molar-refractivity contribution in [1.82, 2.24) is 20.9 Å². The van der Waals surface area contributed by atoms with E-state index in [4.69, 9.17) is 11.5 Å². The number of aliphatic carboxylic acids is 1. The summed E-state index contributed by atoms with van der Waals surface area (Å²) in [4.78, 5) is 50.5. The van der Waals surface area contributed by atoms with Gasteiger partial charge in [-0.25, -0.2) is 9.59 Å². The van der Waals surface area contributed by atoms with Crippen LogP contribution < -0.4 is 27.4 Å². The maximum atomic E-state index is 12.8. The number of nitrogens with one attached hydrogen (secondary N) is 4. The average molecular weight is 465 g/mol. The molecule has 0 saturated heterocycles. The van der Waals surface area contributed by atoms with Crippen LogP contribution in [0.15, 0.2) is 30.5 Å². The fourth-order valence-corrected chi connectivity index (χ4v) is 3.38. The molecule has 32 heavy (non-hydrogen) atoms. The van der Waals surface area contributed by atoms with Gasteiger partial charge in [0.05, 0.1) is 6.04 Å². The maximum absolute atomic E-state index is 12.8. The first kappa shape index (κ1) is 25.0. The fraction of sp³-hybridized carbons (Fsp3) is 0.400. The molecule has 0 aliphatic rings. The number of primary amides is 1. The summed E-state index contributed by atoms with van der Waals surface area (Å²) in [5.41, 5.74) is 12.6. The van der Waals surface area contributed by atoms with Gasteiger partial charge in [-0.1, -0.05) is 18.2 Å². The summed E-state index contributed by atoms with van der Waals surface area (Å²) >= 11 is 3.95. The summed E-state index contributed by atoms with van der Waals surface area (Å²) in [6, 6.07) is 3.61. The number of para-hydroxylation sites is 1. The van der Waals surface area contributed by atoms with E-state index in [-0.39, 0.29) is 25.1 Å². The Morgan fingerprint density at radius 2 is 1.78 bits per heavy atom. The fourth-order valence-electron chi connectivity index (χ4n) is 3.13. The van der Waals surface area contributed by atoms with Crippen molar-refractivity contribution in [2.75, 3.05) is 12.3 Å². The number of benzene rings is 1. The number of hydrogen-bond acceptors (Lipinski definition) is 6. The molecule has 2 aromatic rings. The summed E-state index contributed by atoms with van der Waals surface area (Å²) in [7, 11) is 0. The van der Waals surface area contributed by atoms with Gasteiger partial charge in [-0.3, -0.25) is 9.59 Å². The van der Waals surface area contributed by atoms with Crippen LogP contribution in [0.25, 0.3) is 10.9 Å². The molecule has 0 saturated carbocycles. The molecule has 9 N–H and O–H groups in total. The van der Waals surface area contributed by atoms with Gasteiger partial charge in [0.25, 0.3) is 0 Å². The van der Waals surface area contributed by atoms with Gasteiger partial charge in [0.15, 0.2) is 0 Å². The Bertz CT molecular complexity index is 965. The second-order valence-corrected chi connectivity index (χ2v) is 7.61. The van der Waals surface area contributed by atoms with Crippen molar-refractivity contribution < 1.29 is 24.3 Å². The number of hydrogen-bond donors (Lipinski definition) is 8. The van der Waals surface area contributed by atoms with E-state index in [9.17, 15) is 24.3 Å². The van der Waals surface area contributed by atoms with Gasteiger partial charge in [-0.2, -0.15) is 12.6 Å². The van der Waals surface area contributed by atoms with Crippen LogP contribution in [0.4, 0.5) is 4.79 Å². The van der Waals surface area contributed by atoms with E-state index in [1.807, 2.05) is 24.3 Å². The zero-order valence-corrected chi connectivity index (χ0v) is 18.2. The van der Waals surface area contributed by atoms with Crippen molar-refractivity contribution >= 4 is 47.3 Å². The van der Waals surface area contributed by atoms with Crippen LogP contribution in [0.2, 0.25) is 0 Å². The number of H-pyrrole nitrogens is 1. The van der Waals surface area contributed by atoms with E-state index in [0.29, 0.717) is 6.42 Å². The van der Waals surface area contributed by atoms with E-state index >= 15 is 0 Å². The van der Waals surface area contributed by atoms with Crippen LogP contribution in [0.3, 0.4) is 0 Å². The number of carbonyl (C=O) groups is 4. The third kappa shape index (κ3) is 7.17. The maximum Gasteiger partial charge on any atom is 0.327 e. The average Bonchev–Trinajstić information content (AvgIpc) is 3.16. The number of thiol groups is 1. The van der Waals surface area contributed by atoms with Gasteiger partial charge in [0.2, 0.25) is 11.8 Å². The van der Waals surface area contributed by atoms with Crippen LogP contribution in [-0.2, 0) is 20.8 Å². The quantitative estimate of drug-likeness (QED) is 0.154. The minimum atomic E-state index is -1.23. The number of aromatic nitrogens is 1. The Hall–Kier alpha value is -3.25. The van der Waals surface area contributed by atoms with Gasteiger partial charge in [0, 0.05) is 35.8 Å². The third-order valence-corrected chi connectivity index (χ3v) is 5.22. The van der Waals surface area contributed by atoms with Gasteiger partial charge >= 0.3 is 12.0 Å². The van der Waals surface area contributed by atoms with Crippen molar-refractivity contribution in [2.24, 2.45) is 11.5 Å². The number of amides is 4. The van der Waals surface area contributed by atoms with Crippen LogP contribution in [0.1, 0.15) is 18.4 Å². The predicted octanol–water partition coefficient (Wildman–Crippen LogP) is -0.530. The lowest BCUT2D eigenvalue weighted by molar-refractivity contribution is -0.141. The molecule has 2 rings (SSSR count). The van der Waals surface area contributed by atoms with Crippen LogP contribution >= 0.6 is 12.6 Å². The highest BCUT2D eigenvalue weighted by Gasteiger charge is 2.28. The van der Waals surface area contributed by atoms with Crippen molar-refractivity contribution in [3.63, 3.8) is 0 Å². The number of rotatable bonds is 12. The van der Waals surface area contributed by atoms with E-state index in [1.165, 1.54) is 0 Å². The SMILES string of the molecule is NC(=O)NCCC[C@H](N)C(=O)N[C@H](Cc1c[nH]c2ccccc12)C(=O)N[C@@H](CS)C(=O)O. The molecule has 4 amide bonds. The number of aromatic amines is 1. The molecule has 0 aliphatic heterocycles. The molecule has 12 heteroatoms. The highest BCUT2D eigenvalue weighted by atomic mass is 32.1. The van der Waals surface area contributed by atoms with Gasteiger partial charge in [-0.15, -0.1) is 0 Å². The highest BCUT2D eigenvalue weighted by molar-refractivity contribution is 7.80. The number of carboxylic acids is 1. The number of carbonyl (C=O) groups excluding carboxylic acids is 3. The standard InChI is InChI=1S/C20H28N6O5S/c21-13(5-3-7-23-20(22)31)17(27)25-15(18(28)26-16(10-32)19(29)30)8-11-9-24-14-6-2-1-4-12(11)14/h1-2,4,6,9,13,15-16,24,32H,3,5,7-8,10,21H2,(H,25,27)(H,26,28)(H,29,30)(H3,22,23,31)/t13-,15+,16-/m0/s1. The molecule has 0 radical (unpaired) electrons. The van der Waals surface area contributed by atoms with Crippen LogP contribution in [0.5, 0.6) is 0 Å². The van der Waals surface area contributed by atoms with Gasteiger partial charge in [0.1, 0.15) is 12.1 Å². The van der Waals surface area contributed by atoms with Gasteiger partial charge in [-0.05, 0) is 24.5 Å². The number of fused-ring (bicyclic) bond motifs is 1. The molecule has 0 fully saturated rings. The molecular weight excluding hydrogens is 436 g/mol. The summed E-state index contributed by atoms with van der Waals surface area (Å²) < 4.78 is 0. The van der Waals surface area contributed by atoms with Crippen molar-refractivity contribution in [3.8, 4) is 0 Å². The van der Waals surface area contributed by atoms with Crippen LogP contribution in [0, 0.1) is 0 Å². The molecule has 3 atom stereocenters. The highest BCUT2D eigenvalue weighted by Crippen LogP contribution is 2.19. The van der Waals surface area contributed by atoms with Crippen molar-refractivity contribution in [3.05, 3.63) is 36.0 Å². The minimum absolute atomic E-state index is 0.110. The molecule has 0 spiro atoms. The van der Waals surface area contributed by atoms with Gasteiger partial charge < -0.3 is 37.5 Å². The molecule has 174 valence electrons. The second kappa shape index (κ2) is 12.0. The largest absolute Gasteiger partial charge is 0.480 e. The van der Waals surface area contributed by atoms with E-state index in [1.54, 1.807) is 6.20 Å². The number of carboxylic acid groups (broad SMARTS) is 1. The van der Waals surface area contributed by atoms with Crippen molar-refractivity contribution in [1.29, 1.82) is 0 Å². The summed E-state index contributed by atoms with van der Waals surface area (Å²) in [5, 5.41) is 17.5.